The standard InChI is InChI=1S/C15H19N5S/c1-2-18-10-12(8-16-18)15-19(6-7-21-15)14-9-17-20(11-14)13-4-3-5-13/h6-11,13,15H,2-5H2,1H3. The molecule has 1 atom stereocenters. The molecule has 0 aromatic carbocycles. The lowest BCUT2D eigenvalue weighted by Crippen LogP contribution is -2.18. The van der Waals surface area contributed by atoms with Gasteiger partial charge in [-0.1, -0.05) is 0 Å². The molecule has 0 N–H and O–H groups in total. The third-order valence-electron chi connectivity index (χ3n) is 4.28. The summed E-state index contributed by atoms with van der Waals surface area (Å²) in [6.07, 6.45) is 14.3. The Morgan fingerprint density at radius 1 is 1.24 bits per heavy atom. The van der Waals surface area contributed by atoms with E-state index in [-0.39, 0.29) is 5.37 Å². The average molecular weight is 301 g/mol. The molecule has 21 heavy (non-hydrogen) atoms. The van der Waals surface area contributed by atoms with Gasteiger partial charge >= 0.3 is 0 Å². The average Bonchev–Trinajstić information content (AvgIpc) is 3.16. The highest BCUT2D eigenvalue weighted by Gasteiger charge is 2.27. The molecule has 0 amide bonds. The zero-order valence-electron chi connectivity index (χ0n) is 12.1. The van der Waals surface area contributed by atoms with Gasteiger partial charge in [0.15, 0.2) is 0 Å². The fourth-order valence-electron chi connectivity index (χ4n) is 2.77. The number of thioether (sulfide) groups is 1. The van der Waals surface area contributed by atoms with Gasteiger partial charge < -0.3 is 4.90 Å². The van der Waals surface area contributed by atoms with E-state index < -0.39 is 0 Å². The molecule has 1 aliphatic heterocycles. The molecule has 1 aliphatic carbocycles. The Hall–Kier alpha value is -1.69. The molecule has 1 unspecified atom stereocenters. The quantitative estimate of drug-likeness (QED) is 0.865. The first kappa shape index (κ1) is 13.0. The van der Waals surface area contributed by atoms with Gasteiger partial charge in [-0.15, -0.1) is 11.8 Å². The van der Waals surface area contributed by atoms with E-state index in [0.29, 0.717) is 6.04 Å². The highest BCUT2D eigenvalue weighted by Crippen LogP contribution is 2.42. The van der Waals surface area contributed by atoms with E-state index in [2.05, 4.69) is 50.7 Å². The van der Waals surface area contributed by atoms with Crippen molar-refractivity contribution >= 4 is 17.4 Å². The molecular formula is C15H19N5S. The van der Waals surface area contributed by atoms with Crippen molar-refractivity contribution in [3.63, 3.8) is 0 Å². The minimum absolute atomic E-state index is 0.268. The lowest BCUT2D eigenvalue weighted by Gasteiger charge is -2.26. The monoisotopic (exact) mass is 301 g/mol. The third-order valence-corrected chi connectivity index (χ3v) is 5.31. The zero-order valence-corrected chi connectivity index (χ0v) is 12.9. The summed E-state index contributed by atoms with van der Waals surface area (Å²) in [6.45, 7) is 3.02. The van der Waals surface area contributed by atoms with Gasteiger partial charge in [0.25, 0.3) is 0 Å². The minimum Gasteiger partial charge on any atom is -0.328 e. The summed E-state index contributed by atoms with van der Waals surface area (Å²) in [4.78, 5) is 2.28. The smallest absolute Gasteiger partial charge is 0.112 e. The van der Waals surface area contributed by atoms with Crippen molar-refractivity contribution in [3.05, 3.63) is 42.0 Å². The van der Waals surface area contributed by atoms with Crippen molar-refractivity contribution in [2.45, 2.75) is 44.1 Å². The molecule has 1 fully saturated rings. The number of anilines is 1. The van der Waals surface area contributed by atoms with Crippen LogP contribution in [0.1, 0.15) is 43.2 Å². The van der Waals surface area contributed by atoms with Crippen LogP contribution in [0.5, 0.6) is 0 Å². The second-order valence-corrected chi connectivity index (χ2v) is 6.56. The number of rotatable bonds is 4. The highest BCUT2D eigenvalue weighted by molar-refractivity contribution is 8.02. The number of aromatic nitrogens is 4. The molecule has 0 saturated heterocycles. The van der Waals surface area contributed by atoms with Crippen LogP contribution in [0.15, 0.2) is 36.4 Å². The molecule has 0 bridgehead atoms. The van der Waals surface area contributed by atoms with Crippen LogP contribution in [0, 0.1) is 0 Å². The zero-order chi connectivity index (χ0) is 14.2. The van der Waals surface area contributed by atoms with Crippen LogP contribution in [0.3, 0.4) is 0 Å². The normalized spacial score (nSPS) is 22.0. The van der Waals surface area contributed by atoms with Gasteiger partial charge in [-0.25, -0.2) is 0 Å². The fraction of sp³-hybridized carbons (Fsp3) is 0.467. The van der Waals surface area contributed by atoms with Crippen molar-refractivity contribution in [3.8, 4) is 0 Å². The van der Waals surface area contributed by atoms with Crippen LogP contribution in [-0.2, 0) is 6.54 Å². The molecule has 2 aromatic heterocycles. The maximum Gasteiger partial charge on any atom is 0.112 e. The van der Waals surface area contributed by atoms with Gasteiger partial charge in [0.1, 0.15) is 5.37 Å². The number of hydrogen-bond donors (Lipinski definition) is 0. The van der Waals surface area contributed by atoms with E-state index in [0.717, 1.165) is 12.2 Å². The maximum absolute atomic E-state index is 4.54. The van der Waals surface area contributed by atoms with E-state index >= 15 is 0 Å². The minimum atomic E-state index is 0.268. The summed E-state index contributed by atoms with van der Waals surface area (Å²) in [7, 11) is 0. The molecule has 3 heterocycles. The Labute approximate surface area is 128 Å². The second kappa shape index (κ2) is 5.26. The Kier molecular flexibility index (Phi) is 3.25. The Balaban J connectivity index is 1.57. The number of nitrogens with zero attached hydrogens (tertiary/aromatic N) is 5. The Morgan fingerprint density at radius 3 is 2.86 bits per heavy atom. The molecule has 6 heteroatoms. The first-order valence-electron chi connectivity index (χ1n) is 7.52. The summed E-state index contributed by atoms with van der Waals surface area (Å²) in [5.74, 6) is 0. The molecule has 2 aromatic rings. The molecule has 5 nitrogen and oxygen atoms in total. The lowest BCUT2D eigenvalue weighted by molar-refractivity contribution is 0.289. The lowest BCUT2D eigenvalue weighted by atomic mass is 9.93. The maximum atomic E-state index is 4.54. The van der Waals surface area contributed by atoms with Gasteiger partial charge in [0.05, 0.1) is 24.1 Å². The number of aryl methyl sites for hydroxylation is 1. The largest absolute Gasteiger partial charge is 0.328 e. The topological polar surface area (TPSA) is 38.9 Å². The van der Waals surface area contributed by atoms with Gasteiger partial charge in [-0.05, 0) is 31.6 Å². The molecule has 2 aliphatic rings. The van der Waals surface area contributed by atoms with Crippen LogP contribution in [0.4, 0.5) is 5.69 Å². The predicted molar refractivity (Wildman–Crippen MR) is 85.0 cm³/mol. The SMILES string of the molecule is CCn1cc(C2SC=CN2c2cnn(C3CCC3)c2)cn1. The Bertz CT molecular complexity index is 655. The van der Waals surface area contributed by atoms with E-state index in [1.165, 1.54) is 24.8 Å². The van der Waals surface area contributed by atoms with Crippen molar-refractivity contribution in [2.24, 2.45) is 0 Å². The summed E-state index contributed by atoms with van der Waals surface area (Å²) in [5.41, 5.74) is 2.40. The van der Waals surface area contributed by atoms with Crippen LogP contribution in [0.25, 0.3) is 0 Å². The van der Waals surface area contributed by atoms with Gasteiger partial charge in [0.2, 0.25) is 0 Å². The summed E-state index contributed by atoms with van der Waals surface area (Å²) < 4.78 is 4.10. The van der Waals surface area contributed by atoms with Crippen LogP contribution < -0.4 is 4.90 Å². The Morgan fingerprint density at radius 2 is 2.14 bits per heavy atom. The molecule has 4 rings (SSSR count). The number of hydrogen-bond acceptors (Lipinski definition) is 4. The van der Waals surface area contributed by atoms with E-state index in [1.807, 2.05) is 28.8 Å². The fourth-order valence-corrected chi connectivity index (χ4v) is 3.72. The van der Waals surface area contributed by atoms with Gasteiger partial charge in [0, 0.05) is 30.7 Å². The van der Waals surface area contributed by atoms with Crippen molar-refractivity contribution < 1.29 is 0 Å². The van der Waals surface area contributed by atoms with Crippen molar-refractivity contribution in [2.75, 3.05) is 4.90 Å². The van der Waals surface area contributed by atoms with E-state index in [9.17, 15) is 0 Å². The van der Waals surface area contributed by atoms with Crippen molar-refractivity contribution in [1.29, 1.82) is 0 Å². The molecular weight excluding hydrogens is 282 g/mol. The van der Waals surface area contributed by atoms with Gasteiger partial charge in [-0.2, -0.15) is 10.2 Å². The van der Waals surface area contributed by atoms with Gasteiger partial charge in [-0.3, -0.25) is 9.36 Å². The van der Waals surface area contributed by atoms with Crippen LogP contribution in [0.2, 0.25) is 0 Å². The third kappa shape index (κ3) is 2.27. The summed E-state index contributed by atoms with van der Waals surface area (Å²) in [5, 5.41) is 11.3. The second-order valence-electron chi connectivity index (χ2n) is 5.57. The highest BCUT2D eigenvalue weighted by atomic mass is 32.2. The molecule has 1 saturated carbocycles. The molecule has 0 radical (unpaired) electrons. The first-order chi connectivity index (χ1) is 10.3. The summed E-state index contributed by atoms with van der Waals surface area (Å²) in [6, 6.07) is 0.610. The van der Waals surface area contributed by atoms with Crippen LogP contribution >= 0.6 is 11.8 Å². The van der Waals surface area contributed by atoms with E-state index in [4.69, 9.17) is 0 Å². The molecule has 0 spiro atoms. The van der Waals surface area contributed by atoms with E-state index in [1.54, 1.807) is 0 Å². The predicted octanol–water partition coefficient (Wildman–Crippen LogP) is 3.55. The van der Waals surface area contributed by atoms with Crippen LogP contribution in [-0.4, -0.2) is 19.6 Å². The van der Waals surface area contributed by atoms with Crippen molar-refractivity contribution in [1.82, 2.24) is 19.6 Å². The first-order valence-corrected chi connectivity index (χ1v) is 8.46. The summed E-state index contributed by atoms with van der Waals surface area (Å²) >= 11 is 1.81. The molecule has 110 valence electrons.